The quantitative estimate of drug-likeness (QED) is 0.668. The molecule has 1 fully saturated rings. The summed E-state index contributed by atoms with van der Waals surface area (Å²) in [5, 5.41) is 1.34. The third kappa shape index (κ3) is 2.94. The first-order valence-corrected chi connectivity index (χ1v) is 10.8. The van der Waals surface area contributed by atoms with Gasteiger partial charge < -0.3 is 17.3 Å². The van der Waals surface area contributed by atoms with Gasteiger partial charge >= 0.3 is 0 Å². The molecule has 3 aromatic rings. The summed E-state index contributed by atoms with van der Waals surface area (Å²) < 4.78 is 2.10. The highest BCUT2D eigenvalue weighted by Crippen LogP contribution is 2.51. The van der Waals surface area contributed by atoms with Gasteiger partial charge in [0.15, 0.2) is 0 Å². The van der Waals surface area contributed by atoms with Crippen molar-refractivity contribution in [3.05, 3.63) is 71.4 Å². The molecule has 1 aliphatic carbocycles. The van der Waals surface area contributed by atoms with Gasteiger partial charge in [-0.25, -0.2) is 0 Å². The number of nitrogens with one attached hydrogen (secondary N) is 1. The van der Waals surface area contributed by atoms with E-state index in [0.29, 0.717) is 24.2 Å². The molecule has 0 saturated carbocycles. The van der Waals surface area contributed by atoms with Crippen molar-refractivity contribution in [2.24, 2.45) is 5.92 Å². The summed E-state index contributed by atoms with van der Waals surface area (Å²) in [5.41, 5.74) is 5.48. The first-order valence-electron chi connectivity index (χ1n) is 10.8. The second-order valence-corrected chi connectivity index (χ2v) is 9.04. The van der Waals surface area contributed by atoms with Crippen molar-refractivity contribution < 1.29 is 22.1 Å². The molecular formula is C25H27ClN2O. The van der Waals surface area contributed by atoms with Gasteiger partial charge in [-0.1, -0.05) is 48.5 Å². The second kappa shape index (κ2) is 7.30. The first kappa shape index (κ1) is 18.9. The lowest BCUT2D eigenvalue weighted by molar-refractivity contribution is -0.921. The van der Waals surface area contributed by atoms with Gasteiger partial charge in [-0.3, -0.25) is 9.36 Å². The number of carbonyl (C=O) groups excluding carboxylic acids is 1. The summed E-state index contributed by atoms with van der Waals surface area (Å²) in [6.45, 7) is 3.58. The molecule has 1 N–H and O–H groups in total. The van der Waals surface area contributed by atoms with E-state index in [0.717, 1.165) is 24.4 Å². The van der Waals surface area contributed by atoms with Crippen LogP contribution < -0.4 is 17.3 Å². The van der Waals surface area contributed by atoms with Crippen LogP contribution in [0.4, 0.5) is 0 Å². The van der Waals surface area contributed by atoms with Gasteiger partial charge in [0.2, 0.25) is 5.91 Å². The largest absolute Gasteiger partial charge is 1.00 e. The van der Waals surface area contributed by atoms with Crippen LogP contribution in [-0.4, -0.2) is 23.6 Å². The summed E-state index contributed by atoms with van der Waals surface area (Å²) in [6, 6.07) is 19.5. The van der Waals surface area contributed by atoms with Crippen molar-refractivity contribution in [2.45, 2.75) is 44.1 Å². The first-order chi connectivity index (χ1) is 13.8. The minimum absolute atomic E-state index is 0. The van der Waals surface area contributed by atoms with E-state index in [1.54, 1.807) is 4.90 Å². The Morgan fingerprint density at radius 2 is 1.79 bits per heavy atom. The Morgan fingerprint density at radius 1 is 1.00 bits per heavy atom. The Hall–Kier alpha value is -2.10. The van der Waals surface area contributed by atoms with E-state index in [9.17, 15) is 4.79 Å². The number of likely N-dealkylation sites (tertiary alicyclic amines) is 1. The Labute approximate surface area is 178 Å². The van der Waals surface area contributed by atoms with Crippen molar-refractivity contribution in [1.29, 1.82) is 0 Å². The zero-order chi connectivity index (χ0) is 18.7. The van der Waals surface area contributed by atoms with Crippen LogP contribution in [0.25, 0.3) is 10.9 Å². The molecule has 0 amide bonds. The second-order valence-electron chi connectivity index (χ2n) is 9.04. The van der Waals surface area contributed by atoms with Crippen molar-refractivity contribution in [2.75, 3.05) is 13.1 Å². The number of aromatic nitrogens is 1. The highest BCUT2D eigenvalue weighted by molar-refractivity contribution is 5.97. The Bertz CT molecular complexity index is 1060. The van der Waals surface area contributed by atoms with Crippen LogP contribution >= 0.6 is 0 Å². The summed E-state index contributed by atoms with van der Waals surface area (Å²) in [7, 11) is 0. The molecule has 3 heterocycles. The van der Waals surface area contributed by atoms with Crippen molar-refractivity contribution in [1.82, 2.24) is 4.57 Å². The van der Waals surface area contributed by atoms with Gasteiger partial charge in [-0.15, -0.1) is 0 Å². The van der Waals surface area contributed by atoms with Gasteiger partial charge in [0.05, 0.1) is 18.6 Å². The molecule has 4 atom stereocenters. The Morgan fingerprint density at radius 3 is 2.66 bits per heavy atom. The predicted octanol–water partition coefficient (Wildman–Crippen LogP) is 0.755. The van der Waals surface area contributed by atoms with E-state index in [2.05, 4.69) is 59.2 Å². The molecule has 1 unspecified atom stereocenters. The molecule has 0 bridgehead atoms. The van der Waals surface area contributed by atoms with Crippen LogP contribution in [0.5, 0.6) is 0 Å². The number of fused-ring (bicyclic) bond motifs is 5. The fourth-order valence-corrected chi connectivity index (χ4v) is 6.32. The molecule has 0 spiro atoms. The van der Waals surface area contributed by atoms with Crippen molar-refractivity contribution >= 4 is 16.8 Å². The summed E-state index contributed by atoms with van der Waals surface area (Å²) in [4.78, 5) is 14.5. The number of piperidine rings is 1. The number of halogens is 1. The molecule has 4 heteroatoms. The van der Waals surface area contributed by atoms with E-state index in [1.807, 2.05) is 0 Å². The minimum Gasteiger partial charge on any atom is -1.00 e. The summed E-state index contributed by atoms with van der Waals surface area (Å²) in [6.07, 6.45) is 4.35. The lowest BCUT2D eigenvalue weighted by Crippen LogP contribution is -3.12. The van der Waals surface area contributed by atoms with Gasteiger partial charge in [0, 0.05) is 41.3 Å². The van der Waals surface area contributed by atoms with Gasteiger partial charge in [0.25, 0.3) is 0 Å². The highest BCUT2D eigenvalue weighted by atomic mass is 35.5. The predicted molar refractivity (Wildman–Crippen MR) is 111 cm³/mol. The number of hydrogen-bond donors (Lipinski definition) is 1. The molecule has 29 heavy (non-hydrogen) atoms. The zero-order valence-electron chi connectivity index (χ0n) is 16.6. The van der Waals surface area contributed by atoms with Crippen molar-refractivity contribution in [3.63, 3.8) is 0 Å². The molecule has 2 aromatic carbocycles. The summed E-state index contributed by atoms with van der Waals surface area (Å²) in [5.74, 6) is 2.26. The lowest BCUT2D eigenvalue weighted by Gasteiger charge is -2.43. The molecule has 3 nitrogen and oxygen atoms in total. The maximum atomic E-state index is 12.8. The van der Waals surface area contributed by atoms with E-state index < -0.39 is 0 Å². The number of hydrogen-bond acceptors (Lipinski definition) is 1. The standard InChI is InChI=1S/C25H26N2O.ClH/c28-23-11-10-19-14-18-12-13-26(15-17-6-2-1-3-7-17)16-21(18)24-20-8-4-5-9-22(20)27(23)25(19)24;/h1-9,18-19,21H,10-16H2;1H/t18-,19-,21-;/m0./s1. The Balaban J connectivity index is 0.00000181. The van der Waals surface area contributed by atoms with Crippen molar-refractivity contribution in [3.8, 4) is 0 Å². The third-order valence-electron chi connectivity index (χ3n) is 7.50. The van der Waals surface area contributed by atoms with Crippen LogP contribution in [0.1, 0.15) is 59.1 Å². The number of benzene rings is 2. The topological polar surface area (TPSA) is 26.4 Å². The molecule has 150 valence electrons. The lowest BCUT2D eigenvalue weighted by atomic mass is 9.67. The van der Waals surface area contributed by atoms with Crippen LogP contribution in [0.15, 0.2) is 54.6 Å². The average Bonchev–Trinajstić information content (AvgIpc) is 3.09. The number of para-hydroxylation sites is 1. The van der Waals surface area contributed by atoms with Crippen LogP contribution in [0.2, 0.25) is 0 Å². The number of rotatable bonds is 2. The maximum absolute atomic E-state index is 12.8. The van der Waals surface area contributed by atoms with E-state index in [-0.39, 0.29) is 12.4 Å². The van der Waals surface area contributed by atoms with Crippen LogP contribution in [0.3, 0.4) is 0 Å². The molecular weight excluding hydrogens is 380 g/mol. The Kier molecular flexibility index (Phi) is 4.76. The van der Waals surface area contributed by atoms with E-state index >= 15 is 0 Å². The van der Waals surface area contributed by atoms with Crippen LogP contribution in [-0.2, 0) is 6.54 Å². The van der Waals surface area contributed by atoms with Gasteiger partial charge in [0.1, 0.15) is 6.54 Å². The number of quaternary nitrogens is 1. The smallest absolute Gasteiger partial charge is 0.231 e. The monoisotopic (exact) mass is 406 g/mol. The zero-order valence-corrected chi connectivity index (χ0v) is 17.4. The van der Waals surface area contributed by atoms with E-state index in [1.165, 1.54) is 48.1 Å². The molecule has 1 saturated heterocycles. The summed E-state index contributed by atoms with van der Waals surface area (Å²) >= 11 is 0. The minimum atomic E-state index is 0. The SMILES string of the molecule is O=C1CC[C@H]2C[C@@H]3CC[NH+](Cc4ccccc4)C[C@@H]3c3c2n1c1ccccc31.[Cl-]. The molecule has 3 aliphatic rings. The maximum Gasteiger partial charge on any atom is 0.231 e. The molecule has 1 aromatic heterocycles. The number of carbonyl (C=O) groups is 1. The van der Waals surface area contributed by atoms with Gasteiger partial charge in [-0.2, -0.15) is 0 Å². The van der Waals surface area contributed by atoms with Gasteiger partial charge in [-0.05, 0) is 30.4 Å². The normalized spacial score (nSPS) is 27.8. The van der Waals surface area contributed by atoms with Crippen LogP contribution in [0, 0.1) is 5.92 Å². The van der Waals surface area contributed by atoms with E-state index in [4.69, 9.17) is 0 Å². The number of nitrogens with zero attached hydrogens (tertiary/aromatic N) is 1. The molecule has 2 aliphatic heterocycles. The average molecular weight is 407 g/mol. The third-order valence-corrected chi connectivity index (χ3v) is 7.50. The molecule has 6 rings (SSSR count). The fraction of sp³-hybridized carbons (Fsp3) is 0.400. The highest BCUT2D eigenvalue weighted by Gasteiger charge is 2.45. The molecule has 0 radical (unpaired) electrons. The fourth-order valence-electron chi connectivity index (χ4n) is 6.32.